The van der Waals surface area contributed by atoms with Gasteiger partial charge in [-0.25, -0.2) is 0 Å². The van der Waals surface area contributed by atoms with E-state index in [1.807, 2.05) is 0 Å². The summed E-state index contributed by atoms with van der Waals surface area (Å²) in [6.07, 6.45) is -3.48. The summed E-state index contributed by atoms with van der Waals surface area (Å²) < 4.78 is 50.4. The van der Waals surface area contributed by atoms with Crippen LogP contribution in [0.5, 0.6) is 11.5 Å². The van der Waals surface area contributed by atoms with Gasteiger partial charge in [-0.2, -0.15) is 13.2 Å². The van der Waals surface area contributed by atoms with E-state index < -0.39 is 11.7 Å². The van der Waals surface area contributed by atoms with E-state index in [4.69, 9.17) is 9.47 Å². The smallest absolute Gasteiger partial charge is 0.417 e. The van der Waals surface area contributed by atoms with Crippen molar-refractivity contribution in [1.82, 2.24) is 14.6 Å². The second kappa shape index (κ2) is 5.45. The van der Waals surface area contributed by atoms with Crippen LogP contribution in [0.3, 0.4) is 0 Å². The maximum Gasteiger partial charge on any atom is 0.417 e. The Morgan fingerprint density at radius 2 is 1.78 bits per heavy atom. The zero-order chi connectivity index (χ0) is 16.6. The molecule has 3 aromatic rings. The molecule has 0 aliphatic heterocycles. The Morgan fingerprint density at radius 1 is 1.00 bits per heavy atom. The third kappa shape index (κ3) is 2.67. The van der Waals surface area contributed by atoms with Crippen molar-refractivity contribution in [2.45, 2.75) is 6.18 Å². The van der Waals surface area contributed by atoms with Crippen molar-refractivity contribution >= 4 is 5.65 Å². The fourth-order valence-corrected chi connectivity index (χ4v) is 2.23. The van der Waals surface area contributed by atoms with Crippen LogP contribution in [0.2, 0.25) is 0 Å². The average Bonchev–Trinajstić information content (AvgIpc) is 2.96. The SMILES string of the molecule is COc1ccc(-c2nnc3ccc(C(F)(F)F)cn23)c(OC)c1. The number of aromatic nitrogens is 3. The maximum atomic E-state index is 12.9. The van der Waals surface area contributed by atoms with Gasteiger partial charge in [0.05, 0.1) is 25.3 Å². The summed E-state index contributed by atoms with van der Waals surface area (Å²) in [7, 11) is 2.97. The summed E-state index contributed by atoms with van der Waals surface area (Å²) in [5.41, 5.74) is 0.0459. The largest absolute Gasteiger partial charge is 0.497 e. The van der Waals surface area contributed by atoms with Gasteiger partial charge < -0.3 is 9.47 Å². The first-order chi connectivity index (χ1) is 10.9. The molecule has 0 N–H and O–H groups in total. The Hall–Kier alpha value is -2.77. The molecular formula is C15H12F3N3O2. The van der Waals surface area contributed by atoms with Gasteiger partial charge in [0, 0.05) is 12.3 Å². The first-order valence-corrected chi connectivity index (χ1v) is 6.58. The third-order valence-electron chi connectivity index (χ3n) is 3.38. The van der Waals surface area contributed by atoms with E-state index in [-0.39, 0.29) is 5.82 Å². The molecule has 2 heterocycles. The topological polar surface area (TPSA) is 48.7 Å². The van der Waals surface area contributed by atoms with Gasteiger partial charge in [-0.3, -0.25) is 4.40 Å². The lowest BCUT2D eigenvalue weighted by molar-refractivity contribution is -0.137. The van der Waals surface area contributed by atoms with Crippen molar-refractivity contribution in [3.8, 4) is 22.9 Å². The summed E-state index contributed by atoms with van der Waals surface area (Å²) in [6, 6.07) is 7.21. The van der Waals surface area contributed by atoms with Gasteiger partial charge in [-0.15, -0.1) is 10.2 Å². The number of pyridine rings is 1. The van der Waals surface area contributed by atoms with E-state index in [0.29, 0.717) is 22.7 Å². The van der Waals surface area contributed by atoms with Crippen LogP contribution < -0.4 is 9.47 Å². The number of hydrogen-bond donors (Lipinski definition) is 0. The minimum absolute atomic E-state index is 0.255. The summed E-state index contributed by atoms with van der Waals surface area (Å²) >= 11 is 0. The molecule has 0 saturated carbocycles. The highest BCUT2D eigenvalue weighted by Crippen LogP contribution is 2.34. The molecule has 1 aromatic carbocycles. The van der Waals surface area contributed by atoms with Gasteiger partial charge >= 0.3 is 6.18 Å². The number of rotatable bonds is 3. The normalized spacial score (nSPS) is 11.7. The molecule has 0 amide bonds. The number of ether oxygens (including phenoxy) is 2. The maximum absolute atomic E-state index is 12.9. The molecule has 2 aromatic heterocycles. The second-order valence-corrected chi connectivity index (χ2v) is 4.73. The number of fused-ring (bicyclic) bond motifs is 1. The van der Waals surface area contributed by atoms with Crippen LogP contribution in [0.4, 0.5) is 13.2 Å². The van der Waals surface area contributed by atoms with Crippen LogP contribution in [0.25, 0.3) is 17.0 Å². The number of benzene rings is 1. The van der Waals surface area contributed by atoms with Gasteiger partial charge in [0.15, 0.2) is 11.5 Å². The molecule has 0 aliphatic rings. The van der Waals surface area contributed by atoms with E-state index >= 15 is 0 Å². The van der Waals surface area contributed by atoms with Crippen molar-refractivity contribution < 1.29 is 22.6 Å². The summed E-state index contributed by atoms with van der Waals surface area (Å²) in [6.45, 7) is 0. The highest BCUT2D eigenvalue weighted by atomic mass is 19.4. The predicted octanol–water partition coefficient (Wildman–Crippen LogP) is 3.43. The molecule has 3 rings (SSSR count). The van der Waals surface area contributed by atoms with Crippen LogP contribution in [0.1, 0.15) is 5.56 Å². The zero-order valence-electron chi connectivity index (χ0n) is 12.3. The van der Waals surface area contributed by atoms with Crippen molar-refractivity contribution in [3.05, 3.63) is 42.1 Å². The van der Waals surface area contributed by atoms with Gasteiger partial charge in [0.25, 0.3) is 0 Å². The zero-order valence-corrected chi connectivity index (χ0v) is 12.3. The molecule has 120 valence electrons. The van der Waals surface area contributed by atoms with Gasteiger partial charge in [-0.05, 0) is 24.3 Å². The number of methoxy groups -OCH3 is 2. The average molecular weight is 323 g/mol. The minimum atomic E-state index is -4.44. The van der Waals surface area contributed by atoms with E-state index in [1.54, 1.807) is 18.2 Å². The highest BCUT2D eigenvalue weighted by molar-refractivity contribution is 5.68. The lowest BCUT2D eigenvalue weighted by Crippen LogP contribution is -2.06. The fraction of sp³-hybridized carbons (Fsp3) is 0.200. The second-order valence-electron chi connectivity index (χ2n) is 4.73. The van der Waals surface area contributed by atoms with Crippen LogP contribution in [-0.2, 0) is 6.18 Å². The van der Waals surface area contributed by atoms with Crippen LogP contribution in [0.15, 0.2) is 36.5 Å². The Balaban J connectivity index is 2.20. The quantitative estimate of drug-likeness (QED) is 0.741. The molecule has 8 heteroatoms. The summed E-state index contributed by atoms with van der Waals surface area (Å²) in [4.78, 5) is 0. The lowest BCUT2D eigenvalue weighted by Gasteiger charge is -2.10. The Labute approximate surface area is 129 Å². The minimum Gasteiger partial charge on any atom is -0.497 e. The van der Waals surface area contributed by atoms with Gasteiger partial charge in [-0.1, -0.05) is 0 Å². The van der Waals surface area contributed by atoms with Crippen LogP contribution in [-0.4, -0.2) is 28.8 Å². The van der Waals surface area contributed by atoms with E-state index in [9.17, 15) is 13.2 Å². The monoisotopic (exact) mass is 323 g/mol. The molecule has 0 bridgehead atoms. The molecule has 0 fully saturated rings. The summed E-state index contributed by atoms with van der Waals surface area (Å²) in [5.74, 6) is 1.25. The number of hydrogen-bond acceptors (Lipinski definition) is 4. The summed E-state index contributed by atoms with van der Waals surface area (Å²) in [5, 5.41) is 7.87. The molecule has 23 heavy (non-hydrogen) atoms. The predicted molar refractivity (Wildman–Crippen MR) is 76.5 cm³/mol. The molecular weight excluding hydrogens is 311 g/mol. The number of alkyl halides is 3. The molecule has 0 atom stereocenters. The fourth-order valence-electron chi connectivity index (χ4n) is 2.23. The molecule has 5 nitrogen and oxygen atoms in total. The molecule has 0 unspecified atom stereocenters. The number of halogens is 3. The van der Waals surface area contributed by atoms with Gasteiger partial charge in [0.1, 0.15) is 11.5 Å². The Kier molecular flexibility index (Phi) is 3.59. The van der Waals surface area contributed by atoms with E-state index in [2.05, 4.69) is 10.2 Å². The van der Waals surface area contributed by atoms with E-state index in [1.165, 1.54) is 24.7 Å². The first kappa shape index (κ1) is 15.1. The molecule has 0 saturated heterocycles. The molecule has 0 spiro atoms. The van der Waals surface area contributed by atoms with Crippen molar-refractivity contribution in [2.24, 2.45) is 0 Å². The van der Waals surface area contributed by atoms with Gasteiger partial charge in [0.2, 0.25) is 0 Å². The van der Waals surface area contributed by atoms with Crippen LogP contribution in [0, 0.1) is 0 Å². The lowest BCUT2D eigenvalue weighted by atomic mass is 10.1. The highest BCUT2D eigenvalue weighted by Gasteiger charge is 2.31. The Morgan fingerprint density at radius 3 is 2.43 bits per heavy atom. The van der Waals surface area contributed by atoms with Crippen molar-refractivity contribution in [2.75, 3.05) is 14.2 Å². The first-order valence-electron chi connectivity index (χ1n) is 6.58. The molecule has 0 aliphatic carbocycles. The van der Waals surface area contributed by atoms with Crippen molar-refractivity contribution in [3.63, 3.8) is 0 Å². The number of nitrogens with zero attached hydrogens (tertiary/aromatic N) is 3. The standard InChI is InChI=1S/C15H12F3N3O2/c1-22-10-4-5-11(12(7-10)23-2)14-20-19-13-6-3-9(8-21(13)14)15(16,17)18/h3-8H,1-2H3. The third-order valence-corrected chi connectivity index (χ3v) is 3.38. The van der Waals surface area contributed by atoms with E-state index in [0.717, 1.165) is 12.3 Å². The van der Waals surface area contributed by atoms with Crippen molar-refractivity contribution in [1.29, 1.82) is 0 Å². The Bertz CT molecular complexity index is 859. The molecule has 0 radical (unpaired) electrons. The van der Waals surface area contributed by atoms with Crippen LogP contribution >= 0.6 is 0 Å².